The Morgan fingerprint density at radius 1 is 1.58 bits per heavy atom. The number of likely N-dealkylation sites (N-methyl/N-ethyl adjacent to an activating group) is 1. The minimum Gasteiger partial charge on any atom is -0.352 e. The van der Waals surface area contributed by atoms with Crippen molar-refractivity contribution >= 4 is 5.91 Å². The minimum atomic E-state index is 0.0853. The molecule has 0 spiro atoms. The summed E-state index contributed by atoms with van der Waals surface area (Å²) in [5, 5.41) is 2.98. The lowest BCUT2D eigenvalue weighted by atomic mass is 9.98. The Hall–Kier alpha value is -0.570. The zero-order valence-electron chi connectivity index (χ0n) is 8.13. The van der Waals surface area contributed by atoms with Gasteiger partial charge in [-0.25, -0.2) is 0 Å². The van der Waals surface area contributed by atoms with Gasteiger partial charge in [0, 0.05) is 19.0 Å². The molecule has 1 rings (SSSR count). The third-order valence-corrected chi connectivity index (χ3v) is 2.69. The molecule has 3 heteroatoms. The van der Waals surface area contributed by atoms with Crippen molar-refractivity contribution in [3.05, 3.63) is 0 Å². The molecule has 0 aromatic rings. The number of likely N-dealkylation sites (tertiary alicyclic amines) is 1. The number of carbonyl (C=O) groups is 1. The van der Waals surface area contributed by atoms with Gasteiger partial charge in [-0.05, 0) is 33.4 Å². The standard InChI is InChI=1S/C9H18N2O/c1-7-9(10-8(2)12)5-4-6-11(7)3/h7,9H,4-6H2,1-3H3,(H,10,12). The van der Waals surface area contributed by atoms with E-state index in [1.807, 2.05) is 0 Å². The molecule has 0 aromatic carbocycles. The number of rotatable bonds is 1. The normalized spacial score (nSPS) is 31.6. The second-order valence-corrected chi connectivity index (χ2v) is 3.67. The molecule has 1 saturated heterocycles. The monoisotopic (exact) mass is 170 g/mol. The predicted molar refractivity (Wildman–Crippen MR) is 48.9 cm³/mol. The lowest BCUT2D eigenvalue weighted by molar-refractivity contribution is -0.120. The van der Waals surface area contributed by atoms with E-state index in [-0.39, 0.29) is 5.91 Å². The average molecular weight is 170 g/mol. The summed E-state index contributed by atoms with van der Waals surface area (Å²) in [6.07, 6.45) is 2.30. The van der Waals surface area contributed by atoms with Crippen molar-refractivity contribution in [2.24, 2.45) is 0 Å². The summed E-state index contributed by atoms with van der Waals surface area (Å²) in [5.41, 5.74) is 0. The van der Waals surface area contributed by atoms with E-state index >= 15 is 0 Å². The van der Waals surface area contributed by atoms with Crippen molar-refractivity contribution in [3.8, 4) is 0 Å². The van der Waals surface area contributed by atoms with E-state index in [9.17, 15) is 4.79 Å². The van der Waals surface area contributed by atoms with Crippen LogP contribution in [0.3, 0.4) is 0 Å². The summed E-state index contributed by atoms with van der Waals surface area (Å²) in [7, 11) is 2.11. The van der Waals surface area contributed by atoms with E-state index < -0.39 is 0 Å². The molecular formula is C9H18N2O. The maximum Gasteiger partial charge on any atom is 0.217 e. The van der Waals surface area contributed by atoms with Crippen LogP contribution in [0.2, 0.25) is 0 Å². The van der Waals surface area contributed by atoms with Gasteiger partial charge in [0.05, 0.1) is 0 Å². The Balaban J connectivity index is 2.46. The molecule has 0 saturated carbocycles. The van der Waals surface area contributed by atoms with Crippen LogP contribution in [0.25, 0.3) is 0 Å². The Morgan fingerprint density at radius 3 is 2.83 bits per heavy atom. The quantitative estimate of drug-likeness (QED) is 0.625. The summed E-state index contributed by atoms with van der Waals surface area (Å²) in [6, 6.07) is 0.823. The molecule has 12 heavy (non-hydrogen) atoms. The summed E-state index contributed by atoms with van der Waals surface area (Å²) in [4.78, 5) is 13.1. The Bertz CT molecular complexity index is 170. The highest BCUT2D eigenvalue weighted by Gasteiger charge is 2.25. The molecule has 70 valence electrons. The molecule has 1 fully saturated rings. The number of nitrogens with one attached hydrogen (secondary N) is 1. The van der Waals surface area contributed by atoms with Crippen molar-refractivity contribution in [2.45, 2.75) is 38.8 Å². The van der Waals surface area contributed by atoms with E-state index in [4.69, 9.17) is 0 Å². The molecule has 2 atom stereocenters. The van der Waals surface area contributed by atoms with Gasteiger partial charge in [-0.3, -0.25) is 4.79 Å². The highest BCUT2D eigenvalue weighted by Crippen LogP contribution is 2.14. The summed E-state index contributed by atoms with van der Waals surface area (Å²) in [6.45, 7) is 4.90. The number of nitrogens with zero attached hydrogens (tertiary/aromatic N) is 1. The lowest BCUT2D eigenvalue weighted by Gasteiger charge is -2.37. The third-order valence-electron chi connectivity index (χ3n) is 2.69. The molecule has 0 aliphatic carbocycles. The van der Waals surface area contributed by atoms with Crippen LogP contribution >= 0.6 is 0 Å². The largest absolute Gasteiger partial charge is 0.352 e. The SMILES string of the molecule is CC(=O)NC1CCCN(C)C1C. The fourth-order valence-corrected chi connectivity index (χ4v) is 1.77. The maximum absolute atomic E-state index is 10.8. The molecule has 1 aliphatic rings. The zero-order valence-corrected chi connectivity index (χ0v) is 8.13. The molecule has 1 aliphatic heterocycles. The van der Waals surface area contributed by atoms with Crippen LogP contribution in [0.15, 0.2) is 0 Å². The molecule has 1 amide bonds. The van der Waals surface area contributed by atoms with E-state index in [1.54, 1.807) is 6.92 Å². The van der Waals surface area contributed by atoms with Gasteiger partial charge in [-0.15, -0.1) is 0 Å². The van der Waals surface area contributed by atoms with Crippen LogP contribution in [-0.2, 0) is 4.79 Å². The van der Waals surface area contributed by atoms with E-state index in [2.05, 4.69) is 24.2 Å². The summed E-state index contributed by atoms with van der Waals surface area (Å²) >= 11 is 0. The molecule has 0 aromatic heterocycles. The molecule has 1 heterocycles. The molecule has 0 bridgehead atoms. The second kappa shape index (κ2) is 3.90. The molecule has 3 nitrogen and oxygen atoms in total. The van der Waals surface area contributed by atoms with Gasteiger partial charge in [0.25, 0.3) is 0 Å². The van der Waals surface area contributed by atoms with Crippen LogP contribution in [0.1, 0.15) is 26.7 Å². The van der Waals surface area contributed by atoms with E-state index in [1.165, 1.54) is 6.42 Å². The zero-order chi connectivity index (χ0) is 9.14. The number of amides is 1. The first-order chi connectivity index (χ1) is 5.61. The van der Waals surface area contributed by atoms with Gasteiger partial charge in [0.15, 0.2) is 0 Å². The van der Waals surface area contributed by atoms with Gasteiger partial charge < -0.3 is 10.2 Å². The third kappa shape index (κ3) is 2.21. The van der Waals surface area contributed by atoms with Gasteiger partial charge in [0.2, 0.25) is 5.91 Å². The van der Waals surface area contributed by atoms with Gasteiger partial charge in [0.1, 0.15) is 0 Å². The predicted octanol–water partition coefficient (Wildman–Crippen LogP) is 0.605. The first-order valence-electron chi connectivity index (χ1n) is 4.58. The van der Waals surface area contributed by atoms with Crippen LogP contribution < -0.4 is 5.32 Å². The molecule has 0 radical (unpaired) electrons. The van der Waals surface area contributed by atoms with Crippen LogP contribution in [-0.4, -0.2) is 36.5 Å². The van der Waals surface area contributed by atoms with Crippen molar-refractivity contribution in [2.75, 3.05) is 13.6 Å². The van der Waals surface area contributed by atoms with E-state index in [0.717, 1.165) is 13.0 Å². The number of carbonyl (C=O) groups excluding carboxylic acids is 1. The van der Waals surface area contributed by atoms with Crippen molar-refractivity contribution in [1.82, 2.24) is 10.2 Å². The highest BCUT2D eigenvalue weighted by molar-refractivity contribution is 5.73. The number of hydrogen-bond donors (Lipinski definition) is 1. The first-order valence-corrected chi connectivity index (χ1v) is 4.58. The summed E-state index contributed by atoms with van der Waals surface area (Å²) < 4.78 is 0. The van der Waals surface area contributed by atoms with Gasteiger partial charge in [-0.1, -0.05) is 0 Å². The Kier molecular flexibility index (Phi) is 3.09. The Morgan fingerprint density at radius 2 is 2.25 bits per heavy atom. The van der Waals surface area contributed by atoms with E-state index in [0.29, 0.717) is 12.1 Å². The lowest BCUT2D eigenvalue weighted by Crippen LogP contribution is -2.52. The minimum absolute atomic E-state index is 0.0853. The molecule has 2 unspecified atom stereocenters. The maximum atomic E-state index is 10.8. The Labute approximate surface area is 74.1 Å². The number of hydrogen-bond acceptors (Lipinski definition) is 2. The fourth-order valence-electron chi connectivity index (χ4n) is 1.77. The van der Waals surface area contributed by atoms with Crippen LogP contribution in [0, 0.1) is 0 Å². The highest BCUT2D eigenvalue weighted by atomic mass is 16.1. The van der Waals surface area contributed by atoms with Gasteiger partial charge >= 0.3 is 0 Å². The fraction of sp³-hybridized carbons (Fsp3) is 0.889. The van der Waals surface area contributed by atoms with Gasteiger partial charge in [-0.2, -0.15) is 0 Å². The van der Waals surface area contributed by atoms with Crippen LogP contribution in [0.5, 0.6) is 0 Å². The van der Waals surface area contributed by atoms with Crippen molar-refractivity contribution in [3.63, 3.8) is 0 Å². The summed E-state index contributed by atoms with van der Waals surface area (Å²) in [5.74, 6) is 0.0853. The first kappa shape index (κ1) is 9.52. The second-order valence-electron chi connectivity index (χ2n) is 3.67. The topological polar surface area (TPSA) is 32.3 Å². The van der Waals surface area contributed by atoms with Crippen molar-refractivity contribution < 1.29 is 4.79 Å². The number of piperidine rings is 1. The average Bonchev–Trinajstić information content (AvgIpc) is 1.98. The van der Waals surface area contributed by atoms with Crippen molar-refractivity contribution in [1.29, 1.82) is 0 Å². The smallest absolute Gasteiger partial charge is 0.217 e. The molecule has 1 N–H and O–H groups in total. The molecular weight excluding hydrogens is 152 g/mol. The van der Waals surface area contributed by atoms with Crippen LogP contribution in [0.4, 0.5) is 0 Å².